The highest BCUT2D eigenvalue weighted by Crippen LogP contribution is 2.36. The molecule has 3 aromatic rings. The van der Waals surface area contributed by atoms with Crippen molar-refractivity contribution >= 4 is 56.3 Å². The molecular weight excluding hydrogens is 532 g/mol. The van der Waals surface area contributed by atoms with Crippen LogP contribution in [0, 0.1) is 10.1 Å². The molecule has 1 atom stereocenters. The summed E-state index contributed by atoms with van der Waals surface area (Å²) in [5.41, 5.74) is -0.0497. The van der Waals surface area contributed by atoms with Crippen LogP contribution < -0.4 is 10.3 Å². The van der Waals surface area contributed by atoms with Crippen molar-refractivity contribution in [1.29, 1.82) is 0 Å². The van der Waals surface area contributed by atoms with Crippen LogP contribution in [-0.4, -0.2) is 40.0 Å². The van der Waals surface area contributed by atoms with Gasteiger partial charge >= 0.3 is 11.7 Å². The van der Waals surface area contributed by atoms with Gasteiger partial charge in [0.15, 0.2) is 6.10 Å². The number of ether oxygens (including phenoxy) is 2. The number of hydrogen-bond donors (Lipinski definition) is 0. The van der Waals surface area contributed by atoms with Crippen molar-refractivity contribution in [2.45, 2.75) is 32.8 Å². The van der Waals surface area contributed by atoms with E-state index in [1.54, 1.807) is 18.2 Å². The number of benzene rings is 2. The predicted molar refractivity (Wildman–Crippen MR) is 131 cm³/mol. The molecule has 0 aliphatic carbocycles. The summed E-state index contributed by atoms with van der Waals surface area (Å²) in [5, 5.41) is 16.2. The minimum Gasteiger partial charge on any atom is -0.471 e. The Balaban J connectivity index is 2.08. The molecule has 0 aliphatic rings. The fraction of sp³-hybridized carbons (Fsp3) is 0.273. The summed E-state index contributed by atoms with van der Waals surface area (Å²) in [5.74, 6) is -0.539. The molecule has 2 aromatic carbocycles. The molecule has 0 saturated heterocycles. The van der Waals surface area contributed by atoms with Crippen LogP contribution in [0.2, 0.25) is 5.02 Å². The Labute approximate surface area is 207 Å². The van der Waals surface area contributed by atoms with Gasteiger partial charge in [-0.15, -0.1) is 0 Å². The van der Waals surface area contributed by atoms with Crippen LogP contribution in [0.15, 0.2) is 44.7 Å². The molecule has 34 heavy (non-hydrogen) atoms. The minimum absolute atomic E-state index is 0.104. The molecule has 3 rings (SSSR count). The first kappa shape index (κ1) is 25.3. The summed E-state index contributed by atoms with van der Waals surface area (Å²) in [6.45, 7) is 3.33. The van der Waals surface area contributed by atoms with Crippen molar-refractivity contribution < 1.29 is 19.2 Å². The van der Waals surface area contributed by atoms with Gasteiger partial charge in [0.05, 0.1) is 34.2 Å². The van der Waals surface area contributed by atoms with Crippen LogP contribution in [-0.2, 0) is 16.0 Å². The number of hydrogen-bond acceptors (Lipinski definition) is 8. The Kier molecular flexibility index (Phi) is 8.00. The molecule has 1 aromatic heterocycles. The Hall–Kier alpha value is -3.31. The molecule has 0 radical (unpaired) electrons. The monoisotopic (exact) mass is 550 g/mol. The van der Waals surface area contributed by atoms with E-state index >= 15 is 0 Å². The maximum Gasteiger partial charge on any atom is 0.346 e. The van der Waals surface area contributed by atoms with Gasteiger partial charge in [-0.2, -0.15) is 9.78 Å². The number of nitro benzene ring substituents is 1. The van der Waals surface area contributed by atoms with Gasteiger partial charge in [-0.25, -0.2) is 9.78 Å². The average Bonchev–Trinajstić information content (AvgIpc) is 2.80. The van der Waals surface area contributed by atoms with Gasteiger partial charge < -0.3 is 9.47 Å². The lowest BCUT2D eigenvalue weighted by Crippen LogP contribution is -2.25. The second-order valence-corrected chi connectivity index (χ2v) is 8.52. The summed E-state index contributed by atoms with van der Waals surface area (Å²) < 4.78 is 11.8. The first-order valence-corrected chi connectivity index (χ1v) is 11.3. The van der Waals surface area contributed by atoms with E-state index in [0.29, 0.717) is 23.1 Å². The van der Waals surface area contributed by atoms with Crippen LogP contribution in [0.4, 0.5) is 5.69 Å². The molecule has 0 N–H and O–H groups in total. The molecule has 0 fully saturated rings. The van der Waals surface area contributed by atoms with Gasteiger partial charge in [0, 0.05) is 22.5 Å². The van der Waals surface area contributed by atoms with Gasteiger partial charge in [0.1, 0.15) is 5.82 Å². The number of rotatable bonds is 8. The molecule has 0 saturated carbocycles. The van der Waals surface area contributed by atoms with E-state index in [1.807, 2.05) is 6.92 Å². The van der Waals surface area contributed by atoms with Crippen LogP contribution in [0.25, 0.3) is 10.9 Å². The van der Waals surface area contributed by atoms with E-state index in [-0.39, 0.29) is 21.9 Å². The van der Waals surface area contributed by atoms with Crippen molar-refractivity contribution in [3.63, 3.8) is 0 Å². The minimum atomic E-state index is -1.11. The maximum absolute atomic E-state index is 13.1. The number of halogens is 2. The lowest BCUT2D eigenvalue weighted by molar-refractivity contribution is -0.386. The first-order chi connectivity index (χ1) is 16.2. The number of nitro groups is 1. The van der Waals surface area contributed by atoms with E-state index in [2.05, 4.69) is 30.8 Å². The SMILES string of the molecule is CCCc1nc2ccc(Br)cc2c(=O)n1N=Cc1cc(Cl)c(O[C@@H](C)C(=O)OC)c([N+](=O)[O-])c1. The number of aromatic nitrogens is 2. The Morgan fingerprint density at radius 2 is 2.12 bits per heavy atom. The van der Waals surface area contributed by atoms with Gasteiger partial charge in [-0.1, -0.05) is 34.5 Å². The highest BCUT2D eigenvalue weighted by molar-refractivity contribution is 9.10. The van der Waals surface area contributed by atoms with Gasteiger partial charge in [-0.05, 0) is 37.6 Å². The zero-order valence-corrected chi connectivity index (χ0v) is 20.8. The quantitative estimate of drug-likeness (QED) is 0.175. The fourth-order valence-electron chi connectivity index (χ4n) is 3.14. The van der Waals surface area contributed by atoms with Crippen molar-refractivity contribution in [3.8, 4) is 5.75 Å². The number of carbonyl (C=O) groups excluding carboxylic acids is 1. The number of fused-ring (bicyclic) bond motifs is 1. The lowest BCUT2D eigenvalue weighted by Gasteiger charge is -2.14. The van der Waals surface area contributed by atoms with Crippen LogP contribution in [0.5, 0.6) is 5.75 Å². The third-order valence-corrected chi connectivity index (χ3v) is 5.52. The molecule has 0 spiro atoms. The molecule has 0 bridgehead atoms. The van der Waals surface area contributed by atoms with E-state index in [4.69, 9.17) is 16.3 Å². The van der Waals surface area contributed by atoms with E-state index in [1.165, 1.54) is 37.1 Å². The van der Waals surface area contributed by atoms with Crippen molar-refractivity contribution in [1.82, 2.24) is 9.66 Å². The third kappa shape index (κ3) is 5.42. The topological polar surface area (TPSA) is 126 Å². The van der Waals surface area contributed by atoms with Crippen molar-refractivity contribution in [2.24, 2.45) is 5.10 Å². The maximum atomic E-state index is 13.1. The van der Waals surface area contributed by atoms with Crippen LogP contribution in [0.3, 0.4) is 0 Å². The molecule has 12 heteroatoms. The van der Waals surface area contributed by atoms with Crippen molar-refractivity contribution in [3.05, 3.63) is 71.7 Å². The highest BCUT2D eigenvalue weighted by atomic mass is 79.9. The Bertz CT molecular complexity index is 1360. The lowest BCUT2D eigenvalue weighted by atomic mass is 10.2. The average molecular weight is 552 g/mol. The molecular formula is C22H20BrClN4O6. The molecule has 0 aliphatic heterocycles. The van der Waals surface area contributed by atoms with Gasteiger partial charge in [0.25, 0.3) is 5.56 Å². The number of methoxy groups -OCH3 is 1. The molecule has 1 heterocycles. The Morgan fingerprint density at radius 3 is 2.76 bits per heavy atom. The highest BCUT2D eigenvalue weighted by Gasteiger charge is 2.25. The van der Waals surface area contributed by atoms with Crippen molar-refractivity contribution in [2.75, 3.05) is 7.11 Å². The number of esters is 1. The normalized spacial score (nSPS) is 12.1. The second-order valence-electron chi connectivity index (χ2n) is 7.19. The largest absolute Gasteiger partial charge is 0.471 e. The Morgan fingerprint density at radius 1 is 1.38 bits per heavy atom. The summed E-state index contributed by atoms with van der Waals surface area (Å²) in [6, 6.07) is 7.76. The second kappa shape index (κ2) is 10.7. The third-order valence-electron chi connectivity index (χ3n) is 4.74. The number of carbonyl (C=O) groups is 1. The number of aryl methyl sites for hydroxylation is 1. The summed E-state index contributed by atoms with van der Waals surface area (Å²) in [7, 11) is 1.17. The van der Waals surface area contributed by atoms with E-state index in [0.717, 1.165) is 10.9 Å². The molecule has 10 nitrogen and oxygen atoms in total. The van der Waals surface area contributed by atoms with Crippen LogP contribution in [0.1, 0.15) is 31.7 Å². The number of nitrogens with zero attached hydrogens (tertiary/aromatic N) is 4. The van der Waals surface area contributed by atoms with E-state index < -0.39 is 22.7 Å². The molecule has 0 unspecified atom stereocenters. The summed E-state index contributed by atoms with van der Waals surface area (Å²) in [6.07, 6.45) is 1.39. The summed E-state index contributed by atoms with van der Waals surface area (Å²) in [4.78, 5) is 40.2. The zero-order chi connectivity index (χ0) is 25.0. The fourth-order valence-corrected chi connectivity index (χ4v) is 3.77. The smallest absolute Gasteiger partial charge is 0.346 e. The van der Waals surface area contributed by atoms with E-state index in [9.17, 15) is 19.7 Å². The standard InChI is InChI=1S/C22H20BrClN4O6/c1-4-5-19-26-17-7-6-14(23)10-15(17)21(29)27(19)25-11-13-8-16(24)20(18(9-13)28(31)32)34-12(2)22(30)33-3/h6-12H,4-5H2,1-3H3/t12-/m0/s1. The van der Waals surface area contributed by atoms with Crippen LogP contribution >= 0.6 is 27.5 Å². The molecule has 178 valence electrons. The van der Waals surface area contributed by atoms with Gasteiger partial charge in [-0.3, -0.25) is 14.9 Å². The van der Waals surface area contributed by atoms with Gasteiger partial charge in [0.2, 0.25) is 5.75 Å². The molecule has 0 amide bonds. The predicted octanol–water partition coefficient (Wildman–Crippen LogP) is 4.50. The first-order valence-electron chi connectivity index (χ1n) is 10.1. The zero-order valence-electron chi connectivity index (χ0n) is 18.4. The summed E-state index contributed by atoms with van der Waals surface area (Å²) >= 11 is 9.58.